The molecule has 0 radical (unpaired) electrons. The molecule has 182 valence electrons. The predicted octanol–water partition coefficient (Wildman–Crippen LogP) is 3.98. The molecule has 9 heteroatoms. The molecule has 0 saturated carbocycles. The maximum atomic E-state index is 15.2. The fraction of sp³-hybridized carbons (Fsp3) is 0.111. The maximum Gasteiger partial charge on any atom is 0.251 e. The van der Waals surface area contributed by atoms with Crippen molar-refractivity contribution >= 4 is 27.2 Å². The molecule has 0 bridgehead atoms. The third-order valence-electron chi connectivity index (χ3n) is 6.18. The molecular formula is C27H23FN4O3S. The Bertz CT molecular complexity index is 1620. The van der Waals surface area contributed by atoms with Crippen LogP contribution >= 0.6 is 0 Å². The lowest BCUT2D eigenvalue weighted by molar-refractivity contribution is 0.0946. The van der Waals surface area contributed by atoms with Crippen molar-refractivity contribution in [3.8, 4) is 22.3 Å². The van der Waals surface area contributed by atoms with Crippen LogP contribution in [-0.2, 0) is 22.0 Å². The van der Waals surface area contributed by atoms with E-state index in [9.17, 15) is 13.2 Å². The molecule has 0 saturated heterocycles. The van der Waals surface area contributed by atoms with Crippen molar-refractivity contribution in [1.82, 2.24) is 10.3 Å². The van der Waals surface area contributed by atoms with Crippen molar-refractivity contribution in [1.29, 1.82) is 0 Å². The SMILES string of the molecule is Nc1cccc(CS(=O)(=O)c2ccc(-c3cnc(N)c(-c4ccc5c(c4)CCNC5=O)c3)c(F)c2)c1. The molecule has 1 aliphatic rings. The third kappa shape index (κ3) is 4.52. The number of nitrogen functional groups attached to an aromatic ring is 2. The van der Waals surface area contributed by atoms with E-state index in [4.69, 9.17) is 11.5 Å². The van der Waals surface area contributed by atoms with Crippen LogP contribution in [-0.4, -0.2) is 25.9 Å². The summed E-state index contributed by atoms with van der Waals surface area (Å²) in [6.07, 6.45) is 2.14. The molecule has 1 aromatic heterocycles. The van der Waals surface area contributed by atoms with Gasteiger partial charge in [0, 0.05) is 40.7 Å². The van der Waals surface area contributed by atoms with Gasteiger partial charge in [0.2, 0.25) is 0 Å². The summed E-state index contributed by atoms with van der Waals surface area (Å²) in [5.41, 5.74) is 16.4. The van der Waals surface area contributed by atoms with Crippen molar-refractivity contribution in [2.45, 2.75) is 17.1 Å². The minimum absolute atomic E-state index is 0.115. The van der Waals surface area contributed by atoms with E-state index in [1.54, 1.807) is 42.5 Å². The van der Waals surface area contributed by atoms with E-state index >= 15 is 4.39 Å². The zero-order valence-electron chi connectivity index (χ0n) is 19.2. The van der Waals surface area contributed by atoms with Crippen LogP contribution in [0.4, 0.5) is 15.9 Å². The summed E-state index contributed by atoms with van der Waals surface area (Å²) >= 11 is 0. The summed E-state index contributed by atoms with van der Waals surface area (Å²) < 4.78 is 40.9. The molecule has 5 rings (SSSR count). The Labute approximate surface area is 207 Å². The summed E-state index contributed by atoms with van der Waals surface area (Å²) in [6, 6.07) is 17.5. The van der Waals surface area contributed by atoms with Crippen molar-refractivity contribution in [3.05, 3.63) is 95.4 Å². The average Bonchev–Trinajstić information content (AvgIpc) is 2.84. The van der Waals surface area contributed by atoms with Gasteiger partial charge >= 0.3 is 0 Å². The molecule has 4 aromatic rings. The maximum absolute atomic E-state index is 15.2. The highest BCUT2D eigenvalue weighted by Crippen LogP contribution is 2.33. The second-order valence-corrected chi connectivity index (χ2v) is 10.7. The van der Waals surface area contributed by atoms with E-state index in [1.807, 2.05) is 6.07 Å². The van der Waals surface area contributed by atoms with Gasteiger partial charge in [0.25, 0.3) is 5.91 Å². The lowest BCUT2D eigenvalue weighted by Crippen LogP contribution is -2.31. The Morgan fingerprint density at radius 3 is 2.50 bits per heavy atom. The topological polar surface area (TPSA) is 128 Å². The van der Waals surface area contributed by atoms with E-state index in [2.05, 4.69) is 10.3 Å². The fourth-order valence-corrected chi connectivity index (χ4v) is 5.70. The van der Waals surface area contributed by atoms with Crippen LogP contribution in [0.3, 0.4) is 0 Å². The van der Waals surface area contributed by atoms with Crippen LogP contribution in [0.25, 0.3) is 22.3 Å². The minimum Gasteiger partial charge on any atom is -0.399 e. The zero-order valence-corrected chi connectivity index (χ0v) is 20.0. The molecule has 0 atom stereocenters. The number of hydrogen-bond donors (Lipinski definition) is 3. The summed E-state index contributed by atoms with van der Waals surface area (Å²) in [5, 5.41) is 2.81. The second-order valence-electron chi connectivity index (χ2n) is 8.68. The number of amides is 1. The molecule has 3 aromatic carbocycles. The van der Waals surface area contributed by atoms with Gasteiger partial charge in [-0.05, 0) is 59.5 Å². The number of nitrogens with zero attached hydrogens (tertiary/aromatic N) is 1. The minimum atomic E-state index is -3.79. The lowest BCUT2D eigenvalue weighted by atomic mass is 9.94. The van der Waals surface area contributed by atoms with Gasteiger partial charge < -0.3 is 16.8 Å². The number of fused-ring (bicyclic) bond motifs is 1. The van der Waals surface area contributed by atoms with E-state index in [0.717, 1.165) is 17.2 Å². The first kappa shape index (κ1) is 23.5. The smallest absolute Gasteiger partial charge is 0.251 e. The molecule has 0 aliphatic carbocycles. The highest BCUT2D eigenvalue weighted by atomic mass is 32.2. The Kier molecular flexibility index (Phi) is 5.93. The number of anilines is 2. The molecular weight excluding hydrogens is 479 g/mol. The number of hydrogen-bond acceptors (Lipinski definition) is 6. The molecule has 0 spiro atoms. The van der Waals surface area contributed by atoms with Gasteiger partial charge in [-0.15, -0.1) is 0 Å². The number of halogens is 1. The van der Waals surface area contributed by atoms with Gasteiger partial charge in [-0.2, -0.15) is 0 Å². The van der Waals surface area contributed by atoms with Crippen LogP contribution in [0.15, 0.2) is 77.8 Å². The number of benzene rings is 3. The first-order valence-corrected chi connectivity index (χ1v) is 12.9. The van der Waals surface area contributed by atoms with Crippen LogP contribution < -0.4 is 16.8 Å². The van der Waals surface area contributed by atoms with E-state index in [-0.39, 0.29) is 27.9 Å². The average molecular weight is 503 g/mol. The van der Waals surface area contributed by atoms with Gasteiger partial charge in [0.15, 0.2) is 9.84 Å². The van der Waals surface area contributed by atoms with Crippen molar-refractivity contribution < 1.29 is 17.6 Å². The third-order valence-corrected chi connectivity index (χ3v) is 7.86. The summed E-state index contributed by atoms with van der Waals surface area (Å²) in [5.74, 6) is -0.833. The molecule has 36 heavy (non-hydrogen) atoms. The number of pyridine rings is 1. The number of sulfone groups is 1. The molecule has 7 nitrogen and oxygen atoms in total. The first-order chi connectivity index (χ1) is 17.2. The van der Waals surface area contributed by atoms with Crippen molar-refractivity contribution in [2.24, 2.45) is 0 Å². The molecule has 5 N–H and O–H groups in total. The van der Waals surface area contributed by atoms with Gasteiger partial charge in [0.05, 0.1) is 10.6 Å². The van der Waals surface area contributed by atoms with Crippen LogP contribution in [0.1, 0.15) is 21.5 Å². The Balaban J connectivity index is 1.48. The highest BCUT2D eigenvalue weighted by Gasteiger charge is 2.20. The van der Waals surface area contributed by atoms with E-state index < -0.39 is 15.7 Å². The van der Waals surface area contributed by atoms with Crippen LogP contribution in [0, 0.1) is 5.82 Å². The molecule has 1 amide bonds. The van der Waals surface area contributed by atoms with Gasteiger partial charge in [0.1, 0.15) is 11.6 Å². The summed E-state index contributed by atoms with van der Waals surface area (Å²) in [7, 11) is -3.79. The standard InChI is InChI=1S/C27H23FN4O3S/c28-25-13-21(36(34,35)15-16-2-1-3-20(29)10-16)5-7-22(25)19-12-24(26(30)32-14-19)17-4-6-23-18(11-17)8-9-31-27(23)33/h1-7,10-14H,8-9,15,29H2,(H2,30,32)(H,31,33). The molecule has 1 aliphatic heterocycles. The predicted molar refractivity (Wildman–Crippen MR) is 137 cm³/mol. The van der Waals surface area contributed by atoms with Gasteiger partial charge in [-0.1, -0.05) is 30.3 Å². The largest absolute Gasteiger partial charge is 0.399 e. The number of nitrogens with two attached hydrogens (primary N) is 2. The zero-order chi connectivity index (χ0) is 25.4. The first-order valence-electron chi connectivity index (χ1n) is 11.3. The monoisotopic (exact) mass is 502 g/mol. The summed E-state index contributed by atoms with van der Waals surface area (Å²) in [6.45, 7) is 0.557. The summed E-state index contributed by atoms with van der Waals surface area (Å²) in [4.78, 5) is 16.2. The Morgan fingerprint density at radius 1 is 0.917 bits per heavy atom. The number of carbonyl (C=O) groups excluding carboxylic acids is 1. The normalized spacial score (nSPS) is 13.2. The van der Waals surface area contributed by atoms with Crippen LogP contribution in [0.5, 0.6) is 0 Å². The van der Waals surface area contributed by atoms with Crippen LogP contribution in [0.2, 0.25) is 0 Å². The Morgan fingerprint density at radius 2 is 1.72 bits per heavy atom. The quantitative estimate of drug-likeness (QED) is 0.354. The number of carbonyl (C=O) groups is 1. The molecule has 0 unspecified atom stereocenters. The number of aromatic nitrogens is 1. The second kappa shape index (κ2) is 9.09. The van der Waals surface area contributed by atoms with E-state index in [0.29, 0.717) is 40.9 Å². The molecule has 0 fully saturated rings. The van der Waals surface area contributed by atoms with Crippen molar-refractivity contribution in [3.63, 3.8) is 0 Å². The number of rotatable bonds is 5. The Hall–Kier alpha value is -4.24. The fourth-order valence-electron chi connectivity index (χ4n) is 4.36. The number of nitrogens with one attached hydrogen (secondary N) is 1. The van der Waals surface area contributed by atoms with Crippen molar-refractivity contribution in [2.75, 3.05) is 18.0 Å². The highest BCUT2D eigenvalue weighted by molar-refractivity contribution is 7.90. The van der Waals surface area contributed by atoms with Gasteiger partial charge in [-0.25, -0.2) is 17.8 Å². The van der Waals surface area contributed by atoms with E-state index in [1.165, 1.54) is 18.3 Å². The molecule has 2 heterocycles. The van der Waals surface area contributed by atoms with Gasteiger partial charge in [-0.3, -0.25) is 4.79 Å². The lowest BCUT2D eigenvalue weighted by Gasteiger charge is -2.18.